The first-order valence-corrected chi connectivity index (χ1v) is 5.78. The first-order valence-electron chi connectivity index (χ1n) is 5.78. The summed E-state index contributed by atoms with van der Waals surface area (Å²) in [6, 6.07) is 0. The molecule has 1 saturated heterocycles. The largest absolute Gasteiger partial charge is 0.392 e. The van der Waals surface area contributed by atoms with Crippen molar-refractivity contribution >= 4 is 5.91 Å². The smallest absolute Gasteiger partial charge is 0.227 e. The zero-order valence-corrected chi connectivity index (χ0v) is 9.68. The molecule has 0 aromatic carbocycles. The van der Waals surface area contributed by atoms with Gasteiger partial charge < -0.3 is 15.7 Å². The Hall–Kier alpha value is -0.610. The summed E-state index contributed by atoms with van der Waals surface area (Å²) in [5.74, 6) is 0.0816. The average Bonchev–Trinajstić information content (AvgIpc) is 2.26. The van der Waals surface area contributed by atoms with Crippen molar-refractivity contribution in [3.63, 3.8) is 0 Å². The predicted octanol–water partition coefficient (Wildman–Crippen LogP) is 0.263. The Morgan fingerprint density at radius 1 is 1.67 bits per heavy atom. The molecule has 1 aliphatic heterocycles. The molecule has 0 aliphatic carbocycles. The highest BCUT2D eigenvalue weighted by molar-refractivity contribution is 5.83. The van der Waals surface area contributed by atoms with E-state index < -0.39 is 6.10 Å². The zero-order valence-electron chi connectivity index (χ0n) is 9.68. The average molecular weight is 214 g/mol. The van der Waals surface area contributed by atoms with Gasteiger partial charge in [0.25, 0.3) is 0 Å². The van der Waals surface area contributed by atoms with E-state index in [0.29, 0.717) is 6.54 Å². The maximum Gasteiger partial charge on any atom is 0.227 e. The molecule has 15 heavy (non-hydrogen) atoms. The number of hydrogen-bond donors (Lipinski definition) is 3. The van der Waals surface area contributed by atoms with Crippen molar-refractivity contribution in [1.29, 1.82) is 0 Å². The first kappa shape index (κ1) is 12.5. The van der Waals surface area contributed by atoms with E-state index in [-0.39, 0.29) is 11.3 Å². The lowest BCUT2D eigenvalue weighted by atomic mass is 9.77. The van der Waals surface area contributed by atoms with Gasteiger partial charge in [0.1, 0.15) is 0 Å². The second kappa shape index (κ2) is 5.47. The molecule has 0 spiro atoms. The van der Waals surface area contributed by atoms with Crippen LogP contribution in [-0.4, -0.2) is 36.8 Å². The topological polar surface area (TPSA) is 61.4 Å². The van der Waals surface area contributed by atoms with Gasteiger partial charge in [0.05, 0.1) is 11.5 Å². The van der Waals surface area contributed by atoms with Crippen molar-refractivity contribution in [1.82, 2.24) is 10.6 Å². The molecule has 3 N–H and O–H groups in total. The van der Waals surface area contributed by atoms with Crippen LogP contribution in [0.1, 0.15) is 33.1 Å². The van der Waals surface area contributed by atoms with Crippen LogP contribution in [0.25, 0.3) is 0 Å². The fourth-order valence-corrected chi connectivity index (χ4v) is 2.05. The molecule has 1 unspecified atom stereocenters. The Balaban J connectivity index is 2.52. The summed E-state index contributed by atoms with van der Waals surface area (Å²) in [4.78, 5) is 12.0. The number of nitrogens with one attached hydrogen (secondary N) is 2. The Morgan fingerprint density at radius 2 is 2.40 bits per heavy atom. The van der Waals surface area contributed by atoms with E-state index in [4.69, 9.17) is 5.11 Å². The van der Waals surface area contributed by atoms with Gasteiger partial charge >= 0.3 is 0 Å². The normalized spacial score (nSPS) is 28.5. The Kier molecular flexibility index (Phi) is 4.54. The number of piperidine rings is 1. The van der Waals surface area contributed by atoms with Crippen LogP contribution in [-0.2, 0) is 4.79 Å². The van der Waals surface area contributed by atoms with E-state index in [1.165, 1.54) is 0 Å². The third kappa shape index (κ3) is 3.18. The number of carbonyl (C=O) groups excluding carboxylic acids is 1. The summed E-state index contributed by atoms with van der Waals surface area (Å²) in [5, 5.41) is 15.2. The van der Waals surface area contributed by atoms with Crippen molar-refractivity contribution in [3.8, 4) is 0 Å². The van der Waals surface area contributed by atoms with Crippen molar-refractivity contribution in [2.24, 2.45) is 5.41 Å². The summed E-state index contributed by atoms with van der Waals surface area (Å²) in [6.07, 6.45) is 2.38. The van der Waals surface area contributed by atoms with Gasteiger partial charge in [-0.2, -0.15) is 0 Å². The van der Waals surface area contributed by atoms with Crippen LogP contribution in [0.3, 0.4) is 0 Å². The highest BCUT2D eigenvalue weighted by Gasteiger charge is 2.37. The molecule has 88 valence electrons. The number of amides is 1. The SMILES string of the molecule is CCC1(C(=O)NC[C@@H](C)O)CCCNC1. The lowest BCUT2D eigenvalue weighted by Gasteiger charge is -2.35. The maximum absolute atomic E-state index is 12.0. The monoisotopic (exact) mass is 214 g/mol. The highest BCUT2D eigenvalue weighted by atomic mass is 16.3. The minimum absolute atomic E-state index is 0.0816. The van der Waals surface area contributed by atoms with E-state index in [2.05, 4.69) is 17.6 Å². The predicted molar refractivity (Wildman–Crippen MR) is 59.5 cm³/mol. The van der Waals surface area contributed by atoms with Gasteiger partial charge in [0.15, 0.2) is 0 Å². The van der Waals surface area contributed by atoms with Gasteiger partial charge in [0, 0.05) is 13.1 Å². The number of aliphatic hydroxyl groups excluding tert-OH is 1. The summed E-state index contributed by atoms with van der Waals surface area (Å²) in [5.41, 5.74) is -0.257. The highest BCUT2D eigenvalue weighted by Crippen LogP contribution is 2.30. The van der Waals surface area contributed by atoms with E-state index in [0.717, 1.165) is 32.4 Å². The van der Waals surface area contributed by atoms with Crippen LogP contribution in [0.2, 0.25) is 0 Å². The quantitative estimate of drug-likeness (QED) is 0.629. The van der Waals surface area contributed by atoms with Crippen LogP contribution in [0.15, 0.2) is 0 Å². The second-order valence-electron chi connectivity index (χ2n) is 4.47. The molecule has 1 amide bonds. The van der Waals surface area contributed by atoms with Gasteiger partial charge in [-0.1, -0.05) is 6.92 Å². The van der Waals surface area contributed by atoms with Crippen molar-refractivity contribution in [2.75, 3.05) is 19.6 Å². The summed E-state index contributed by atoms with van der Waals surface area (Å²) < 4.78 is 0. The maximum atomic E-state index is 12.0. The molecule has 1 fully saturated rings. The minimum Gasteiger partial charge on any atom is -0.392 e. The van der Waals surface area contributed by atoms with Gasteiger partial charge in [0.2, 0.25) is 5.91 Å². The fraction of sp³-hybridized carbons (Fsp3) is 0.909. The summed E-state index contributed by atoms with van der Waals surface area (Å²) in [7, 11) is 0. The number of rotatable bonds is 4. The van der Waals surface area contributed by atoms with Gasteiger partial charge in [-0.05, 0) is 32.7 Å². The van der Waals surface area contributed by atoms with E-state index in [9.17, 15) is 4.79 Å². The Labute approximate surface area is 91.4 Å². The fourth-order valence-electron chi connectivity index (χ4n) is 2.05. The second-order valence-corrected chi connectivity index (χ2v) is 4.47. The molecule has 1 rings (SSSR count). The van der Waals surface area contributed by atoms with Crippen molar-refractivity contribution in [2.45, 2.75) is 39.2 Å². The van der Waals surface area contributed by atoms with Gasteiger partial charge in [-0.3, -0.25) is 4.79 Å². The minimum atomic E-state index is -0.473. The number of hydrogen-bond acceptors (Lipinski definition) is 3. The van der Waals surface area contributed by atoms with Gasteiger partial charge in [-0.25, -0.2) is 0 Å². The molecule has 0 radical (unpaired) electrons. The Morgan fingerprint density at radius 3 is 2.87 bits per heavy atom. The summed E-state index contributed by atoms with van der Waals surface area (Å²) in [6.45, 7) is 5.84. The Bertz CT molecular complexity index is 211. The third-order valence-corrected chi connectivity index (χ3v) is 3.19. The van der Waals surface area contributed by atoms with Crippen LogP contribution in [0.4, 0.5) is 0 Å². The first-order chi connectivity index (χ1) is 7.10. The molecule has 0 aromatic heterocycles. The van der Waals surface area contributed by atoms with E-state index in [1.54, 1.807) is 6.92 Å². The third-order valence-electron chi connectivity index (χ3n) is 3.19. The number of aliphatic hydroxyl groups is 1. The summed E-state index contributed by atoms with van der Waals surface area (Å²) >= 11 is 0. The lowest BCUT2D eigenvalue weighted by molar-refractivity contribution is -0.132. The molecule has 1 heterocycles. The lowest BCUT2D eigenvalue weighted by Crippen LogP contribution is -2.51. The van der Waals surface area contributed by atoms with Crippen molar-refractivity contribution < 1.29 is 9.90 Å². The van der Waals surface area contributed by atoms with Crippen molar-refractivity contribution in [3.05, 3.63) is 0 Å². The molecular formula is C11H22N2O2. The molecule has 2 atom stereocenters. The molecule has 0 aromatic rings. The van der Waals surface area contributed by atoms with Crippen LogP contribution < -0.4 is 10.6 Å². The molecule has 4 heteroatoms. The molecule has 0 bridgehead atoms. The molecule has 4 nitrogen and oxygen atoms in total. The van der Waals surface area contributed by atoms with Crippen LogP contribution >= 0.6 is 0 Å². The van der Waals surface area contributed by atoms with E-state index >= 15 is 0 Å². The van der Waals surface area contributed by atoms with E-state index in [1.807, 2.05) is 0 Å². The molecule has 1 aliphatic rings. The zero-order chi connectivity index (χ0) is 11.3. The molecule has 0 saturated carbocycles. The number of carbonyl (C=O) groups is 1. The van der Waals surface area contributed by atoms with Crippen LogP contribution in [0, 0.1) is 5.41 Å². The van der Waals surface area contributed by atoms with Gasteiger partial charge in [-0.15, -0.1) is 0 Å². The van der Waals surface area contributed by atoms with Crippen LogP contribution in [0.5, 0.6) is 0 Å². The standard InChI is InChI=1S/C11H22N2O2/c1-3-11(5-4-6-12-8-11)10(15)13-7-9(2)14/h9,12,14H,3-8H2,1-2H3,(H,13,15)/t9-,11?/m1/s1. The molecular weight excluding hydrogens is 192 g/mol.